The van der Waals surface area contributed by atoms with E-state index in [2.05, 4.69) is 63.5 Å². The molecule has 0 aromatic heterocycles. The summed E-state index contributed by atoms with van der Waals surface area (Å²) in [5.41, 5.74) is 1.29. The van der Waals surface area contributed by atoms with Gasteiger partial charge in [0, 0.05) is 0 Å². The van der Waals surface area contributed by atoms with E-state index in [0.29, 0.717) is 2.43 Å². The van der Waals surface area contributed by atoms with Crippen molar-refractivity contribution in [1.29, 1.82) is 0 Å². The Kier molecular flexibility index (Phi) is 11.4. The molecule has 0 radical (unpaired) electrons. The van der Waals surface area contributed by atoms with Crippen LogP contribution >= 0.6 is 44.7 Å². The number of hydrogen-bond donors (Lipinski definition) is 0. The molecular formula is C15H19BI2O. The van der Waals surface area contributed by atoms with Gasteiger partial charge in [0.2, 0.25) is 0 Å². The molecule has 0 unspecified atom stereocenters. The first-order valence-corrected chi connectivity index (χ1v) is 8.68. The summed E-state index contributed by atoms with van der Waals surface area (Å²) in [5, 5.41) is 0. The first kappa shape index (κ1) is 18.8. The van der Waals surface area contributed by atoms with Crippen molar-refractivity contribution in [1.82, 2.24) is 0 Å². The summed E-state index contributed by atoms with van der Waals surface area (Å²) in [5.74, 6) is 1.58. The van der Waals surface area contributed by atoms with Crippen LogP contribution in [-0.2, 0) is 0 Å². The molecule has 1 aromatic rings. The van der Waals surface area contributed by atoms with E-state index in [-0.39, 0.29) is 0 Å². The van der Waals surface area contributed by atoms with Crippen molar-refractivity contribution < 1.29 is 4.74 Å². The van der Waals surface area contributed by atoms with Crippen LogP contribution in [0.4, 0.5) is 0 Å². The van der Waals surface area contributed by atoms with Crippen LogP contribution in [-0.4, -0.2) is 2.43 Å². The van der Waals surface area contributed by atoms with E-state index in [9.17, 15) is 0 Å². The number of hydrogen-bond acceptors (Lipinski definition) is 1. The van der Waals surface area contributed by atoms with E-state index in [1.54, 1.807) is 6.08 Å². The van der Waals surface area contributed by atoms with Gasteiger partial charge in [-0.3, -0.25) is 0 Å². The maximum atomic E-state index is 5.69. The predicted molar refractivity (Wildman–Crippen MR) is 105 cm³/mol. The topological polar surface area (TPSA) is 9.23 Å². The van der Waals surface area contributed by atoms with Crippen molar-refractivity contribution in [3.8, 4) is 5.75 Å². The van der Waals surface area contributed by atoms with Crippen LogP contribution in [0.2, 0.25) is 0 Å². The van der Waals surface area contributed by atoms with Gasteiger partial charge < -0.3 is 4.74 Å². The Morgan fingerprint density at radius 2 is 1.79 bits per heavy atom. The largest absolute Gasteiger partial charge is 0.457 e. The van der Waals surface area contributed by atoms with Crippen molar-refractivity contribution in [2.75, 3.05) is 0 Å². The highest BCUT2D eigenvalue weighted by atomic mass is 127. The second kappa shape index (κ2) is 11.6. The molecule has 0 saturated carbocycles. The maximum absolute atomic E-state index is 5.69. The van der Waals surface area contributed by atoms with Gasteiger partial charge in [0.25, 0.3) is 0 Å². The van der Waals surface area contributed by atoms with Gasteiger partial charge in [0.05, 0.1) is 0 Å². The average molecular weight is 480 g/mol. The van der Waals surface area contributed by atoms with Crippen LogP contribution in [0.25, 0.3) is 0 Å². The minimum Gasteiger partial charge on any atom is -0.457 e. The van der Waals surface area contributed by atoms with Gasteiger partial charge in [-0.05, 0) is 31.2 Å². The fraction of sp³-hybridized carbons (Fsp3) is 0.200. The molecule has 0 saturated heterocycles. The smallest absolute Gasteiger partial charge is 0.320 e. The molecule has 0 aliphatic rings. The van der Waals surface area contributed by atoms with Crippen molar-refractivity contribution >= 4 is 52.6 Å². The fourth-order valence-electron chi connectivity index (χ4n) is 1.15. The highest BCUT2D eigenvalue weighted by Gasteiger charge is 2.07. The zero-order valence-corrected chi connectivity index (χ0v) is 15.9. The Balaban J connectivity index is 0.00000154. The van der Waals surface area contributed by atoms with Gasteiger partial charge in [-0.1, -0.05) is 50.2 Å². The number of benzene rings is 1. The minimum absolute atomic E-state index is 0.483. The monoisotopic (exact) mass is 480 g/mol. The van der Waals surface area contributed by atoms with Crippen LogP contribution in [0, 0.1) is 0 Å². The van der Waals surface area contributed by atoms with Gasteiger partial charge in [-0.15, -0.1) is 44.7 Å². The third-order valence-corrected chi connectivity index (χ3v) is 3.46. The van der Waals surface area contributed by atoms with E-state index < -0.39 is 0 Å². The number of halogens is 2. The summed E-state index contributed by atoms with van der Waals surface area (Å²) < 4.78 is 6.17. The summed E-state index contributed by atoms with van der Waals surface area (Å²) in [6.45, 7) is 9.69. The number of allylic oxidation sites excluding steroid dienone is 4. The molecule has 0 heterocycles. The van der Waals surface area contributed by atoms with Crippen LogP contribution in [0.3, 0.4) is 0 Å². The van der Waals surface area contributed by atoms with E-state index in [1.807, 2.05) is 51.1 Å². The number of rotatable bonds is 5. The second-order valence-corrected chi connectivity index (χ2v) is 8.15. The van der Waals surface area contributed by atoms with E-state index in [0.717, 1.165) is 11.5 Å². The molecule has 102 valence electrons. The Labute approximate surface area is 144 Å². The summed E-state index contributed by atoms with van der Waals surface area (Å²) in [6.07, 6.45) is 7.47. The first-order valence-electron chi connectivity index (χ1n) is 6.18. The van der Waals surface area contributed by atoms with Crippen molar-refractivity contribution in [3.63, 3.8) is 0 Å². The number of ether oxygens (including phenoxy) is 1. The zero-order chi connectivity index (χ0) is 14.7. The molecule has 0 atom stereocenters. The van der Waals surface area contributed by atoms with Gasteiger partial charge in [-0.25, -0.2) is 0 Å². The van der Waals surface area contributed by atoms with Gasteiger partial charge >= 0.3 is 2.43 Å². The summed E-state index contributed by atoms with van der Waals surface area (Å²) in [4.78, 5) is 0. The highest BCUT2D eigenvalue weighted by Crippen LogP contribution is 2.14. The van der Waals surface area contributed by atoms with E-state index in [1.165, 1.54) is 5.46 Å². The molecule has 0 amide bonds. The Hall–Kier alpha value is -0.235. The first-order chi connectivity index (χ1) is 9.17. The third kappa shape index (κ3) is 7.82. The summed E-state index contributed by atoms with van der Waals surface area (Å²) in [6, 6.07) is 8.11. The molecule has 19 heavy (non-hydrogen) atoms. The van der Waals surface area contributed by atoms with Gasteiger partial charge in [0.15, 0.2) is 0 Å². The van der Waals surface area contributed by atoms with Crippen LogP contribution < -0.4 is 10.2 Å². The lowest BCUT2D eigenvalue weighted by atomic mass is 9.96. The molecule has 0 N–H and O–H groups in total. The lowest BCUT2D eigenvalue weighted by molar-refractivity contribution is 0.445. The standard InChI is InChI=1S/C13H13BI2O.C2H6/c1-3-5-6-12(4-2)17-13-9-7-11(8-10-13)14(15)16;1-2/h3-10H,2H2,1H3;1-2H3/b5-3-,12-6+;. The van der Waals surface area contributed by atoms with Crippen molar-refractivity contribution in [2.24, 2.45) is 0 Å². The van der Waals surface area contributed by atoms with E-state index in [4.69, 9.17) is 4.74 Å². The van der Waals surface area contributed by atoms with Gasteiger partial charge in [0.1, 0.15) is 11.5 Å². The highest BCUT2D eigenvalue weighted by molar-refractivity contribution is 14.3. The Bertz CT molecular complexity index is 422. The molecule has 0 aliphatic heterocycles. The lowest BCUT2D eigenvalue weighted by Gasteiger charge is -2.06. The quantitative estimate of drug-likeness (QED) is 0.241. The molecular weight excluding hydrogens is 461 g/mol. The molecule has 4 heteroatoms. The van der Waals surface area contributed by atoms with Crippen molar-refractivity contribution in [2.45, 2.75) is 20.8 Å². The zero-order valence-electron chi connectivity index (χ0n) is 11.6. The summed E-state index contributed by atoms with van der Waals surface area (Å²) in [7, 11) is 0. The summed E-state index contributed by atoms with van der Waals surface area (Å²) >= 11 is 4.76. The Morgan fingerprint density at radius 3 is 2.21 bits per heavy atom. The predicted octanol–water partition coefficient (Wildman–Crippen LogP) is 5.30. The van der Waals surface area contributed by atoms with Crippen LogP contribution in [0.15, 0.2) is 60.9 Å². The average Bonchev–Trinajstić information content (AvgIpc) is 2.46. The molecule has 1 rings (SSSR count). The normalized spacial score (nSPS) is 10.7. The SMILES string of the molecule is C=C/C(=C\C=C/C)Oc1ccc(B(I)I)cc1.CC. The minimum atomic E-state index is 0.483. The second-order valence-electron chi connectivity index (χ2n) is 3.27. The fourth-order valence-corrected chi connectivity index (χ4v) is 1.98. The molecule has 1 nitrogen and oxygen atoms in total. The molecule has 0 fully saturated rings. The van der Waals surface area contributed by atoms with Crippen LogP contribution in [0.5, 0.6) is 5.75 Å². The maximum Gasteiger partial charge on any atom is 0.320 e. The van der Waals surface area contributed by atoms with Crippen LogP contribution in [0.1, 0.15) is 20.8 Å². The molecule has 0 bridgehead atoms. The molecule has 0 spiro atoms. The van der Waals surface area contributed by atoms with Crippen molar-refractivity contribution in [3.05, 3.63) is 60.9 Å². The Morgan fingerprint density at radius 1 is 1.21 bits per heavy atom. The van der Waals surface area contributed by atoms with Gasteiger partial charge in [-0.2, -0.15) is 0 Å². The van der Waals surface area contributed by atoms with E-state index >= 15 is 0 Å². The third-order valence-electron chi connectivity index (χ3n) is 2.02. The molecule has 0 aliphatic carbocycles. The lowest BCUT2D eigenvalue weighted by Crippen LogP contribution is -2.15. The molecule has 1 aromatic carbocycles.